The van der Waals surface area contributed by atoms with Crippen molar-refractivity contribution in [3.8, 4) is 0 Å². The summed E-state index contributed by atoms with van der Waals surface area (Å²) in [6, 6.07) is 1.95. The molecule has 0 unspecified atom stereocenters. The topological polar surface area (TPSA) is 177 Å². The average molecular weight is 549 g/mol. The highest BCUT2D eigenvalue weighted by atomic mass is 32.2. The summed E-state index contributed by atoms with van der Waals surface area (Å²) >= 11 is 0. The number of benzene rings is 1. The first kappa shape index (κ1) is 30.0. The third-order valence-corrected chi connectivity index (χ3v) is 6.88. The Morgan fingerprint density at radius 3 is 2.65 bits per heavy atom. The lowest BCUT2D eigenvalue weighted by atomic mass is 10.1. The van der Waals surface area contributed by atoms with Crippen molar-refractivity contribution in [1.29, 1.82) is 0 Å². The molecule has 15 heteroatoms. The van der Waals surface area contributed by atoms with Crippen LogP contribution < -0.4 is 21.5 Å². The molecule has 0 bridgehead atoms. The van der Waals surface area contributed by atoms with Crippen molar-refractivity contribution in [1.82, 2.24) is 14.9 Å². The lowest BCUT2D eigenvalue weighted by Crippen LogP contribution is -2.51. The van der Waals surface area contributed by atoms with Gasteiger partial charge in [-0.15, -0.1) is 0 Å². The third kappa shape index (κ3) is 10.4. The summed E-state index contributed by atoms with van der Waals surface area (Å²) in [5.74, 6) is -2.07. The van der Waals surface area contributed by atoms with Crippen LogP contribution in [0.5, 0.6) is 0 Å². The molecular weight excluding hydrogens is 517 g/mol. The minimum Gasteiger partial charge on any atom is -0.370 e. The van der Waals surface area contributed by atoms with Crippen molar-refractivity contribution in [2.75, 3.05) is 19.6 Å². The van der Waals surface area contributed by atoms with Crippen LogP contribution in [0.3, 0.4) is 0 Å². The van der Waals surface area contributed by atoms with E-state index in [4.69, 9.17) is 11.5 Å². The first-order chi connectivity index (χ1) is 17.3. The Bertz CT molecular complexity index is 1090. The Labute approximate surface area is 212 Å². The number of aldehydes is 1. The molecule has 2 rings (SSSR count). The highest BCUT2D eigenvalue weighted by molar-refractivity contribution is 7.88. The molecule has 2 atom stereocenters. The second-order valence-electron chi connectivity index (χ2n) is 8.64. The minimum absolute atomic E-state index is 0.0839. The van der Waals surface area contributed by atoms with Crippen LogP contribution in [0.1, 0.15) is 43.2 Å². The molecule has 11 nitrogen and oxygen atoms in total. The highest BCUT2D eigenvalue weighted by Crippen LogP contribution is 2.29. The minimum atomic E-state index is -4.62. The number of nitrogens with two attached hydrogens (primary N) is 2. The van der Waals surface area contributed by atoms with Crippen LogP contribution in [0.15, 0.2) is 29.3 Å². The van der Waals surface area contributed by atoms with Crippen LogP contribution >= 0.6 is 0 Å². The van der Waals surface area contributed by atoms with Gasteiger partial charge >= 0.3 is 6.18 Å². The number of hydrogen-bond acceptors (Lipinski definition) is 6. The van der Waals surface area contributed by atoms with Crippen molar-refractivity contribution in [3.63, 3.8) is 0 Å². The van der Waals surface area contributed by atoms with E-state index in [1.807, 2.05) is 0 Å². The second kappa shape index (κ2) is 13.4. The van der Waals surface area contributed by atoms with E-state index in [2.05, 4.69) is 15.0 Å². The van der Waals surface area contributed by atoms with Gasteiger partial charge in [-0.05, 0) is 43.7 Å². The van der Waals surface area contributed by atoms with Crippen LogP contribution in [-0.4, -0.2) is 69.1 Å². The lowest BCUT2D eigenvalue weighted by molar-refractivity contribution is -0.137. The zero-order chi connectivity index (χ0) is 27.6. The molecule has 0 saturated carbocycles. The van der Waals surface area contributed by atoms with E-state index in [0.717, 1.165) is 18.2 Å². The molecule has 1 aliphatic heterocycles. The van der Waals surface area contributed by atoms with Crippen molar-refractivity contribution >= 4 is 34.1 Å². The molecule has 0 aromatic heterocycles. The smallest absolute Gasteiger partial charge is 0.370 e. The number of sulfonamides is 1. The standard InChI is InChI=1S/C22H31F3N6O5S/c23-22(24,25)16-6-3-5-15(11-16)14-37(35,36)30-18-8-1-2-10-31(20(18)34)12-19(33)29-17(13-32)7-4-9-28-21(26)27/h3,5-6,11,13,17-18,30H,1-2,4,7-10,12,14H2,(H,29,33)(H4,26,27,28)/t17-,18-/m0/s1. The second-order valence-corrected chi connectivity index (χ2v) is 10.4. The molecule has 0 aliphatic carbocycles. The number of aliphatic imine (C=N–C) groups is 1. The molecule has 1 aromatic carbocycles. The van der Waals surface area contributed by atoms with Crippen LogP contribution in [0.2, 0.25) is 0 Å². The van der Waals surface area contributed by atoms with Crippen molar-refractivity contribution in [2.45, 2.75) is 56.1 Å². The van der Waals surface area contributed by atoms with Crippen LogP contribution in [0, 0.1) is 0 Å². The lowest BCUT2D eigenvalue weighted by Gasteiger charge is -2.25. The monoisotopic (exact) mass is 548 g/mol. The number of halogens is 3. The number of hydrogen-bond donors (Lipinski definition) is 4. The summed E-state index contributed by atoms with van der Waals surface area (Å²) in [7, 11) is -4.18. The normalized spacial score (nSPS) is 17.5. The average Bonchev–Trinajstić information content (AvgIpc) is 2.96. The fourth-order valence-electron chi connectivity index (χ4n) is 3.81. The maximum Gasteiger partial charge on any atom is 0.416 e. The molecule has 206 valence electrons. The zero-order valence-corrected chi connectivity index (χ0v) is 20.9. The van der Waals surface area contributed by atoms with Gasteiger partial charge in [0.1, 0.15) is 12.3 Å². The van der Waals surface area contributed by atoms with Gasteiger partial charge in [-0.2, -0.15) is 13.2 Å². The predicted molar refractivity (Wildman–Crippen MR) is 129 cm³/mol. The number of nitrogens with zero attached hydrogens (tertiary/aromatic N) is 2. The van der Waals surface area contributed by atoms with E-state index in [1.165, 1.54) is 11.0 Å². The predicted octanol–water partition coefficient (Wildman–Crippen LogP) is 0.243. The number of amides is 2. The quantitative estimate of drug-likeness (QED) is 0.125. The molecule has 1 aliphatic rings. The fourth-order valence-corrected chi connectivity index (χ4v) is 5.16. The number of carbonyl (C=O) groups is 3. The Kier molecular flexibility index (Phi) is 10.9. The number of nitrogens with one attached hydrogen (secondary N) is 2. The summed E-state index contributed by atoms with van der Waals surface area (Å²) in [4.78, 5) is 41.7. The van der Waals surface area contributed by atoms with Crippen molar-refractivity contribution < 1.29 is 36.0 Å². The van der Waals surface area contributed by atoms with Gasteiger partial charge in [-0.25, -0.2) is 13.1 Å². The Balaban J connectivity index is 1.99. The summed E-state index contributed by atoms with van der Waals surface area (Å²) in [5, 5.41) is 2.51. The molecule has 1 heterocycles. The number of guanidine groups is 1. The van der Waals surface area contributed by atoms with Gasteiger partial charge < -0.3 is 26.5 Å². The summed E-state index contributed by atoms with van der Waals surface area (Å²) in [6.07, 6.45) is -2.19. The van der Waals surface area contributed by atoms with Gasteiger partial charge in [0.2, 0.25) is 21.8 Å². The summed E-state index contributed by atoms with van der Waals surface area (Å²) in [5.41, 5.74) is 9.40. The number of rotatable bonds is 12. The first-order valence-electron chi connectivity index (χ1n) is 11.6. The third-order valence-electron chi connectivity index (χ3n) is 5.53. The molecular formula is C22H31F3N6O5S. The summed E-state index contributed by atoms with van der Waals surface area (Å²) < 4.78 is 66.4. The molecule has 1 aromatic rings. The Morgan fingerprint density at radius 2 is 2.00 bits per heavy atom. The van der Waals surface area contributed by atoms with E-state index >= 15 is 0 Å². The maximum absolute atomic E-state index is 13.0. The molecule has 37 heavy (non-hydrogen) atoms. The number of likely N-dealkylation sites (tertiary alicyclic amines) is 1. The van der Waals surface area contributed by atoms with Gasteiger partial charge in [-0.1, -0.05) is 18.2 Å². The number of alkyl halides is 3. The molecule has 1 fully saturated rings. The Morgan fingerprint density at radius 1 is 1.27 bits per heavy atom. The van der Waals surface area contributed by atoms with Crippen molar-refractivity contribution in [3.05, 3.63) is 35.4 Å². The maximum atomic E-state index is 13.0. The fraction of sp³-hybridized carbons (Fsp3) is 0.545. The van der Waals surface area contributed by atoms with Crippen molar-refractivity contribution in [2.24, 2.45) is 16.5 Å². The zero-order valence-electron chi connectivity index (χ0n) is 20.0. The molecule has 6 N–H and O–H groups in total. The largest absolute Gasteiger partial charge is 0.416 e. The van der Waals surface area contributed by atoms with E-state index in [0.29, 0.717) is 25.5 Å². The van der Waals surface area contributed by atoms with E-state index in [-0.39, 0.29) is 44.0 Å². The highest BCUT2D eigenvalue weighted by Gasteiger charge is 2.33. The van der Waals surface area contributed by atoms with Crippen LogP contribution in [-0.2, 0) is 36.3 Å². The van der Waals surface area contributed by atoms with Gasteiger partial charge in [0.15, 0.2) is 5.96 Å². The SMILES string of the molecule is NC(N)=NCCC[C@@H](C=O)NC(=O)CN1CCCC[C@H](NS(=O)(=O)Cc2cccc(C(F)(F)F)c2)C1=O. The van der Waals surface area contributed by atoms with Gasteiger partial charge in [0.05, 0.1) is 23.9 Å². The molecule has 0 radical (unpaired) electrons. The van der Waals surface area contributed by atoms with Gasteiger partial charge in [0.25, 0.3) is 0 Å². The van der Waals surface area contributed by atoms with E-state index in [1.54, 1.807) is 0 Å². The van der Waals surface area contributed by atoms with Crippen LogP contribution in [0.25, 0.3) is 0 Å². The Hall–Kier alpha value is -3.20. The van der Waals surface area contributed by atoms with Gasteiger partial charge in [-0.3, -0.25) is 14.6 Å². The molecule has 2 amide bonds. The van der Waals surface area contributed by atoms with E-state index in [9.17, 15) is 36.0 Å². The van der Waals surface area contributed by atoms with E-state index < -0.39 is 51.4 Å². The number of carbonyl (C=O) groups excluding carboxylic acids is 3. The first-order valence-corrected chi connectivity index (χ1v) is 13.2. The summed E-state index contributed by atoms with van der Waals surface area (Å²) in [6.45, 7) is 0.0900. The molecule has 0 spiro atoms. The van der Waals surface area contributed by atoms with Gasteiger partial charge in [0, 0.05) is 13.1 Å². The van der Waals surface area contributed by atoms with Crippen LogP contribution in [0.4, 0.5) is 13.2 Å². The molecule has 1 saturated heterocycles.